The molecule has 0 fully saturated rings. The second-order valence-corrected chi connectivity index (χ2v) is 12.8. The molecule has 46 heavy (non-hydrogen) atoms. The van der Waals surface area contributed by atoms with Crippen molar-refractivity contribution in [3.05, 3.63) is 162 Å². The number of aromatic nitrogens is 1. The van der Waals surface area contributed by atoms with Crippen LogP contribution in [0.15, 0.2) is 145 Å². The number of thiophene rings is 1. The first-order valence-electron chi connectivity index (χ1n) is 15.4. The minimum Gasteiger partial charge on any atom is -0.309 e. The molecule has 0 spiro atoms. The highest BCUT2D eigenvalue weighted by Crippen LogP contribution is 2.40. The second kappa shape index (κ2) is 10.8. The van der Waals surface area contributed by atoms with Crippen molar-refractivity contribution in [3.63, 3.8) is 0 Å². The Hall–Kier alpha value is -5.58. The quantitative estimate of drug-likeness (QED) is 0.210. The largest absolute Gasteiger partial charge is 0.309 e. The highest BCUT2D eigenvalue weighted by atomic mass is 32.1. The Morgan fingerprint density at radius 3 is 2.17 bits per heavy atom. The smallest absolute Gasteiger partial charge is 0.230 e. The van der Waals surface area contributed by atoms with Gasteiger partial charge in [0, 0.05) is 42.2 Å². The van der Waals surface area contributed by atoms with Crippen LogP contribution in [0.25, 0.3) is 47.7 Å². The molecule has 3 N–H and O–H groups in total. The predicted molar refractivity (Wildman–Crippen MR) is 188 cm³/mol. The van der Waals surface area contributed by atoms with Gasteiger partial charge in [0.2, 0.25) is 5.84 Å². The fraction of sp³-hybridized carbons (Fsp3) is 0.0500. The zero-order chi connectivity index (χ0) is 30.6. The van der Waals surface area contributed by atoms with Crippen LogP contribution in [-0.4, -0.2) is 10.4 Å². The fourth-order valence-corrected chi connectivity index (χ4v) is 7.90. The van der Waals surface area contributed by atoms with Gasteiger partial charge in [0.15, 0.2) is 6.17 Å². The number of nitriles is 1. The van der Waals surface area contributed by atoms with Crippen molar-refractivity contribution in [2.45, 2.75) is 12.3 Å². The third-order valence-electron chi connectivity index (χ3n) is 9.04. The Kier molecular flexibility index (Phi) is 6.29. The predicted octanol–water partition coefficient (Wildman–Crippen LogP) is 8.33. The van der Waals surface area contributed by atoms with Crippen molar-refractivity contribution in [3.8, 4) is 11.8 Å². The van der Waals surface area contributed by atoms with E-state index in [-0.39, 0.29) is 12.3 Å². The molecule has 0 saturated carbocycles. The van der Waals surface area contributed by atoms with Gasteiger partial charge in [-0.1, -0.05) is 78.9 Å². The minimum absolute atomic E-state index is 0.0506. The number of benzene rings is 6. The van der Waals surface area contributed by atoms with Crippen LogP contribution in [0.5, 0.6) is 0 Å². The Morgan fingerprint density at radius 1 is 0.652 bits per heavy atom. The van der Waals surface area contributed by atoms with Gasteiger partial charge in [-0.05, 0) is 66.2 Å². The SMILES string of the molecule is N#Cc1ccc(C2NC(c3ccc(-n4c5ccccc5c5cc6sc7ccccc7c6cc54)cc3)N=C(c3ccccc3)[NH2+]2)cc1. The molecule has 218 valence electrons. The maximum Gasteiger partial charge on any atom is 0.230 e. The van der Waals surface area contributed by atoms with Crippen molar-refractivity contribution in [1.29, 1.82) is 5.26 Å². The average Bonchev–Trinajstić information content (AvgIpc) is 3.65. The van der Waals surface area contributed by atoms with Crippen LogP contribution < -0.4 is 10.6 Å². The van der Waals surface area contributed by atoms with Gasteiger partial charge in [-0.3, -0.25) is 5.32 Å². The zero-order valence-electron chi connectivity index (χ0n) is 24.8. The van der Waals surface area contributed by atoms with Crippen molar-refractivity contribution in [2.24, 2.45) is 4.99 Å². The van der Waals surface area contributed by atoms with E-state index in [1.54, 1.807) is 0 Å². The second-order valence-electron chi connectivity index (χ2n) is 11.7. The number of nitrogens with two attached hydrogens (primary N) is 1. The molecule has 1 aliphatic heterocycles. The summed E-state index contributed by atoms with van der Waals surface area (Å²) in [7, 11) is 0. The summed E-state index contributed by atoms with van der Waals surface area (Å²) in [4.78, 5) is 5.17. The van der Waals surface area contributed by atoms with E-state index in [2.05, 4.69) is 118 Å². The number of amidine groups is 1. The molecule has 0 amide bonds. The van der Waals surface area contributed by atoms with Crippen LogP contribution in [-0.2, 0) is 0 Å². The minimum atomic E-state index is -0.232. The van der Waals surface area contributed by atoms with Crippen LogP contribution in [0.2, 0.25) is 0 Å². The van der Waals surface area contributed by atoms with E-state index in [1.807, 2.05) is 53.8 Å². The van der Waals surface area contributed by atoms with Crippen LogP contribution in [0.4, 0.5) is 0 Å². The van der Waals surface area contributed by atoms with E-state index in [9.17, 15) is 5.26 Å². The molecule has 2 aromatic heterocycles. The van der Waals surface area contributed by atoms with Crippen LogP contribution in [0.1, 0.15) is 34.6 Å². The molecular weight excluding hydrogens is 583 g/mol. The van der Waals surface area contributed by atoms with E-state index in [0.29, 0.717) is 5.56 Å². The van der Waals surface area contributed by atoms with Gasteiger partial charge in [-0.25, -0.2) is 10.3 Å². The summed E-state index contributed by atoms with van der Waals surface area (Å²) in [6, 6.07) is 51.3. The van der Waals surface area contributed by atoms with Gasteiger partial charge in [-0.2, -0.15) is 5.26 Å². The lowest BCUT2D eigenvalue weighted by atomic mass is 10.1. The molecule has 0 saturated heterocycles. The number of aliphatic imine (C=N–C) groups is 1. The highest BCUT2D eigenvalue weighted by Gasteiger charge is 2.29. The van der Waals surface area contributed by atoms with E-state index in [1.165, 1.54) is 42.0 Å². The Morgan fingerprint density at radius 2 is 1.37 bits per heavy atom. The molecule has 6 aromatic carbocycles. The van der Waals surface area contributed by atoms with Gasteiger partial charge in [-0.15, -0.1) is 11.3 Å². The van der Waals surface area contributed by atoms with Gasteiger partial charge in [0.05, 0.1) is 28.2 Å². The lowest BCUT2D eigenvalue weighted by Gasteiger charge is -2.28. The van der Waals surface area contributed by atoms with Crippen molar-refractivity contribution < 1.29 is 5.32 Å². The molecule has 0 aliphatic carbocycles. The lowest BCUT2D eigenvalue weighted by molar-refractivity contribution is -0.600. The zero-order valence-corrected chi connectivity index (χ0v) is 25.6. The van der Waals surface area contributed by atoms with Crippen LogP contribution in [0.3, 0.4) is 0 Å². The standard InChI is InChI=1S/C40H27N5S/c41-24-25-14-16-27(17-15-25)39-42-38(26-8-2-1-3-9-26)43-40(44-39)28-18-20-29(21-19-28)45-34-12-6-4-10-30(34)32-23-37-33(22-35(32)45)31-11-5-7-13-36(31)46-37/h1-23,39-40,44H,(H,42,43)/p+1. The number of para-hydroxylation sites is 1. The first kappa shape index (κ1) is 26.8. The van der Waals surface area contributed by atoms with Gasteiger partial charge in [0.1, 0.15) is 6.17 Å². The van der Waals surface area contributed by atoms with Crippen LogP contribution >= 0.6 is 11.3 Å². The van der Waals surface area contributed by atoms with E-state index >= 15 is 0 Å². The summed E-state index contributed by atoms with van der Waals surface area (Å²) in [5.74, 6) is 0.956. The molecule has 6 heteroatoms. The third-order valence-corrected chi connectivity index (χ3v) is 10.2. The summed E-state index contributed by atoms with van der Waals surface area (Å²) < 4.78 is 5.02. The molecule has 2 unspecified atom stereocenters. The van der Waals surface area contributed by atoms with Gasteiger partial charge < -0.3 is 4.57 Å². The number of hydrogen-bond donors (Lipinski definition) is 2. The first-order chi connectivity index (χ1) is 22.7. The van der Waals surface area contributed by atoms with E-state index < -0.39 is 0 Å². The molecule has 1 aliphatic rings. The molecular formula is C40H28N5S+. The van der Waals surface area contributed by atoms with Gasteiger partial charge >= 0.3 is 0 Å². The topological polar surface area (TPSA) is 69.7 Å². The molecule has 3 heterocycles. The van der Waals surface area contributed by atoms with Crippen molar-refractivity contribution in [2.75, 3.05) is 0 Å². The number of quaternary nitrogens is 1. The highest BCUT2D eigenvalue weighted by molar-refractivity contribution is 7.25. The molecule has 5 nitrogen and oxygen atoms in total. The fourth-order valence-electron chi connectivity index (χ4n) is 6.77. The molecule has 9 rings (SSSR count). The van der Waals surface area contributed by atoms with E-state index in [4.69, 9.17) is 4.99 Å². The normalized spacial score (nSPS) is 16.6. The Balaban J connectivity index is 1.15. The summed E-state index contributed by atoms with van der Waals surface area (Å²) in [6.45, 7) is 0. The Bertz CT molecular complexity index is 2480. The van der Waals surface area contributed by atoms with Crippen molar-refractivity contribution in [1.82, 2.24) is 9.88 Å². The molecule has 0 bridgehead atoms. The summed E-state index contributed by atoms with van der Waals surface area (Å²) >= 11 is 1.86. The van der Waals surface area contributed by atoms with E-state index in [0.717, 1.165) is 28.2 Å². The third kappa shape index (κ3) is 4.41. The summed E-state index contributed by atoms with van der Waals surface area (Å²) in [6.07, 6.45) is -0.282. The number of fused-ring (bicyclic) bond motifs is 6. The van der Waals surface area contributed by atoms with Gasteiger partial charge in [0.25, 0.3) is 0 Å². The number of rotatable bonds is 4. The summed E-state index contributed by atoms with van der Waals surface area (Å²) in [5, 5.41) is 20.4. The Labute approximate surface area is 269 Å². The summed E-state index contributed by atoms with van der Waals surface area (Å²) in [5.41, 5.74) is 7.46. The lowest BCUT2D eigenvalue weighted by Crippen LogP contribution is -2.93. The first-order valence-corrected chi connectivity index (χ1v) is 16.2. The molecule has 2 atom stereocenters. The number of hydrogen-bond acceptors (Lipinski definition) is 4. The van der Waals surface area contributed by atoms with Crippen LogP contribution in [0, 0.1) is 11.3 Å². The monoisotopic (exact) mass is 610 g/mol. The maximum absolute atomic E-state index is 9.31. The number of nitrogens with zero attached hydrogens (tertiary/aromatic N) is 3. The number of nitrogens with one attached hydrogen (secondary N) is 1. The van der Waals surface area contributed by atoms with Crippen molar-refractivity contribution >= 4 is 59.2 Å². The average molecular weight is 611 g/mol. The molecule has 0 radical (unpaired) electrons. The molecule has 8 aromatic rings. The maximum atomic E-state index is 9.31.